The van der Waals surface area contributed by atoms with Crippen LogP contribution < -0.4 is 5.32 Å². The van der Waals surface area contributed by atoms with Crippen molar-refractivity contribution in [2.45, 2.75) is 25.8 Å². The second kappa shape index (κ2) is 9.77. The topological polar surface area (TPSA) is 41.6 Å². The number of benzene rings is 1. The van der Waals surface area contributed by atoms with Crippen molar-refractivity contribution in [1.82, 2.24) is 10.2 Å². The molecule has 0 bridgehead atoms. The summed E-state index contributed by atoms with van der Waals surface area (Å²) < 4.78 is 18.7. The van der Waals surface area contributed by atoms with E-state index in [2.05, 4.69) is 5.32 Å². The monoisotopic (exact) mass is 330 g/mol. The van der Waals surface area contributed by atoms with Crippen molar-refractivity contribution in [3.05, 3.63) is 35.6 Å². The highest BCUT2D eigenvalue weighted by Gasteiger charge is 2.27. The van der Waals surface area contributed by atoms with Gasteiger partial charge < -0.3 is 15.0 Å². The Kier molecular flexibility index (Phi) is 8.38. The second-order valence-corrected chi connectivity index (χ2v) is 5.16. The third kappa shape index (κ3) is 5.23. The molecule has 1 aromatic rings. The van der Waals surface area contributed by atoms with Crippen LogP contribution in [0.2, 0.25) is 0 Å². The van der Waals surface area contributed by atoms with E-state index in [1.807, 2.05) is 17.9 Å². The zero-order chi connectivity index (χ0) is 15.1. The molecule has 1 amide bonds. The van der Waals surface area contributed by atoms with Crippen molar-refractivity contribution in [1.29, 1.82) is 0 Å². The number of ether oxygens (including phenoxy) is 1. The van der Waals surface area contributed by atoms with E-state index in [0.29, 0.717) is 32.7 Å². The Bertz CT molecular complexity index is 473. The summed E-state index contributed by atoms with van der Waals surface area (Å²) in [5.41, 5.74) is 0.848. The number of carbonyl (C=O) groups is 1. The van der Waals surface area contributed by atoms with Gasteiger partial charge in [-0.05, 0) is 31.0 Å². The number of carbonyl (C=O) groups excluding carboxylic acids is 1. The van der Waals surface area contributed by atoms with Gasteiger partial charge in [0.05, 0.1) is 6.04 Å². The van der Waals surface area contributed by atoms with Gasteiger partial charge >= 0.3 is 0 Å². The molecule has 1 aromatic carbocycles. The Morgan fingerprint density at radius 3 is 3.05 bits per heavy atom. The second-order valence-electron chi connectivity index (χ2n) is 5.16. The lowest BCUT2D eigenvalue weighted by Crippen LogP contribution is -2.48. The molecule has 0 aliphatic carbocycles. The van der Waals surface area contributed by atoms with E-state index in [0.717, 1.165) is 18.5 Å². The van der Waals surface area contributed by atoms with E-state index < -0.39 is 0 Å². The first-order chi connectivity index (χ1) is 10.2. The van der Waals surface area contributed by atoms with Crippen LogP contribution in [-0.2, 0) is 9.53 Å². The average Bonchev–Trinajstić information content (AvgIpc) is 2.51. The molecule has 22 heavy (non-hydrogen) atoms. The Labute approximate surface area is 137 Å². The summed E-state index contributed by atoms with van der Waals surface area (Å²) in [4.78, 5) is 14.2. The lowest BCUT2D eigenvalue weighted by atomic mass is 10.0. The Morgan fingerprint density at radius 1 is 1.50 bits per heavy atom. The van der Waals surface area contributed by atoms with Crippen molar-refractivity contribution < 1.29 is 13.9 Å². The van der Waals surface area contributed by atoms with Gasteiger partial charge in [0.2, 0.25) is 5.91 Å². The van der Waals surface area contributed by atoms with Crippen LogP contribution >= 0.6 is 12.4 Å². The molecule has 0 aromatic heterocycles. The fraction of sp³-hybridized carbons (Fsp3) is 0.562. The summed E-state index contributed by atoms with van der Waals surface area (Å²) in [7, 11) is 0. The van der Waals surface area contributed by atoms with Crippen LogP contribution in [0.1, 0.15) is 31.4 Å². The molecule has 1 saturated heterocycles. The highest BCUT2D eigenvalue weighted by molar-refractivity contribution is 5.85. The van der Waals surface area contributed by atoms with Gasteiger partial charge in [-0.25, -0.2) is 4.39 Å². The number of nitrogens with one attached hydrogen (secondary N) is 1. The van der Waals surface area contributed by atoms with Crippen molar-refractivity contribution in [3.8, 4) is 0 Å². The first kappa shape index (κ1) is 18.9. The fourth-order valence-corrected chi connectivity index (χ4v) is 2.63. The molecule has 0 radical (unpaired) electrons. The summed E-state index contributed by atoms with van der Waals surface area (Å²) in [6, 6.07) is 6.42. The summed E-state index contributed by atoms with van der Waals surface area (Å²) >= 11 is 0. The summed E-state index contributed by atoms with van der Waals surface area (Å²) in [5.74, 6) is -0.146. The lowest BCUT2D eigenvalue weighted by molar-refractivity contribution is -0.134. The van der Waals surface area contributed by atoms with Gasteiger partial charge in [-0.1, -0.05) is 12.1 Å². The van der Waals surface area contributed by atoms with Gasteiger partial charge in [0.25, 0.3) is 0 Å². The van der Waals surface area contributed by atoms with E-state index >= 15 is 0 Å². The third-order valence-electron chi connectivity index (χ3n) is 3.68. The fourth-order valence-electron chi connectivity index (χ4n) is 2.63. The standard InChI is InChI=1S/C16H23FN2O2.ClH/c1-2-21-10-4-7-16(20)19-9-8-18-12-15(19)13-5-3-6-14(17)11-13;/h3,5-6,11,15,18H,2,4,7-10,12H2,1H3;1H. The van der Waals surface area contributed by atoms with Crippen molar-refractivity contribution >= 4 is 18.3 Å². The van der Waals surface area contributed by atoms with Crippen molar-refractivity contribution in [3.63, 3.8) is 0 Å². The van der Waals surface area contributed by atoms with Crippen LogP contribution in [-0.4, -0.2) is 43.7 Å². The molecule has 1 N–H and O–H groups in total. The maximum absolute atomic E-state index is 13.4. The minimum atomic E-state index is -0.262. The van der Waals surface area contributed by atoms with Crippen molar-refractivity contribution in [2.24, 2.45) is 0 Å². The Morgan fingerprint density at radius 2 is 2.32 bits per heavy atom. The van der Waals surface area contributed by atoms with Gasteiger partial charge in [-0.2, -0.15) is 0 Å². The van der Waals surface area contributed by atoms with Gasteiger partial charge in [0.1, 0.15) is 5.82 Å². The van der Waals surface area contributed by atoms with E-state index in [-0.39, 0.29) is 30.2 Å². The predicted molar refractivity (Wildman–Crippen MR) is 86.7 cm³/mol. The number of piperazine rings is 1. The maximum Gasteiger partial charge on any atom is 0.223 e. The first-order valence-electron chi connectivity index (χ1n) is 7.55. The minimum Gasteiger partial charge on any atom is -0.382 e. The van der Waals surface area contributed by atoms with E-state index in [9.17, 15) is 9.18 Å². The molecular weight excluding hydrogens is 307 g/mol. The number of amides is 1. The van der Waals surface area contributed by atoms with Crippen LogP contribution in [0.4, 0.5) is 4.39 Å². The number of nitrogens with zero attached hydrogens (tertiary/aromatic N) is 1. The van der Waals surface area contributed by atoms with Gasteiger partial charge in [0, 0.05) is 39.3 Å². The zero-order valence-corrected chi connectivity index (χ0v) is 13.7. The molecule has 0 spiro atoms. The molecule has 1 aliphatic rings. The normalized spacial score (nSPS) is 17.9. The summed E-state index contributed by atoms with van der Waals surface area (Å²) in [6.07, 6.45) is 1.21. The minimum absolute atomic E-state index is 0. The van der Waals surface area contributed by atoms with Crippen LogP contribution in [0, 0.1) is 5.82 Å². The van der Waals surface area contributed by atoms with E-state index in [4.69, 9.17) is 4.74 Å². The molecule has 1 aliphatic heterocycles. The molecule has 0 saturated carbocycles. The van der Waals surface area contributed by atoms with Crippen LogP contribution in [0.25, 0.3) is 0 Å². The molecule has 124 valence electrons. The van der Waals surface area contributed by atoms with E-state index in [1.54, 1.807) is 6.07 Å². The van der Waals surface area contributed by atoms with E-state index in [1.165, 1.54) is 12.1 Å². The number of rotatable bonds is 6. The molecule has 2 rings (SSSR count). The molecule has 4 nitrogen and oxygen atoms in total. The maximum atomic E-state index is 13.4. The number of halogens is 2. The molecule has 6 heteroatoms. The smallest absolute Gasteiger partial charge is 0.223 e. The highest BCUT2D eigenvalue weighted by Crippen LogP contribution is 2.23. The van der Waals surface area contributed by atoms with Crippen molar-refractivity contribution in [2.75, 3.05) is 32.8 Å². The summed E-state index contributed by atoms with van der Waals surface area (Å²) in [5, 5.41) is 3.27. The average molecular weight is 331 g/mol. The Hall–Kier alpha value is -1.17. The van der Waals surface area contributed by atoms with Crippen LogP contribution in [0.5, 0.6) is 0 Å². The van der Waals surface area contributed by atoms with Gasteiger partial charge in [-0.3, -0.25) is 4.79 Å². The highest BCUT2D eigenvalue weighted by atomic mass is 35.5. The van der Waals surface area contributed by atoms with Crippen LogP contribution in [0.3, 0.4) is 0 Å². The zero-order valence-electron chi connectivity index (χ0n) is 12.9. The SMILES string of the molecule is CCOCCCC(=O)N1CCNCC1c1cccc(F)c1.Cl. The molecule has 1 heterocycles. The first-order valence-corrected chi connectivity index (χ1v) is 7.55. The quantitative estimate of drug-likeness (QED) is 0.815. The third-order valence-corrected chi connectivity index (χ3v) is 3.68. The Balaban J connectivity index is 0.00000242. The number of hydrogen-bond acceptors (Lipinski definition) is 3. The number of hydrogen-bond donors (Lipinski definition) is 1. The largest absolute Gasteiger partial charge is 0.382 e. The molecule has 1 fully saturated rings. The lowest BCUT2D eigenvalue weighted by Gasteiger charge is -2.36. The molecule has 1 atom stereocenters. The molecule has 1 unspecified atom stereocenters. The molecular formula is C16H24ClFN2O2. The summed E-state index contributed by atoms with van der Waals surface area (Å²) in [6.45, 7) is 5.34. The van der Waals surface area contributed by atoms with Crippen LogP contribution in [0.15, 0.2) is 24.3 Å². The predicted octanol–water partition coefficient (Wildman–Crippen LogP) is 2.54. The van der Waals surface area contributed by atoms with Gasteiger partial charge in [-0.15, -0.1) is 12.4 Å². The van der Waals surface area contributed by atoms with Gasteiger partial charge in [0.15, 0.2) is 0 Å².